The molecule has 0 saturated heterocycles. The van der Waals surface area contributed by atoms with Crippen LogP contribution < -0.4 is 16.4 Å². The molecule has 15 heavy (non-hydrogen) atoms. The lowest BCUT2D eigenvalue weighted by Crippen LogP contribution is -2.29. The Morgan fingerprint density at radius 3 is 2.73 bits per heavy atom. The van der Waals surface area contributed by atoms with Gasteiger partial charge in [-0.15, -0.1) is 0 Å². The van der Waals surface area contributed by atoms with E-state index >= 15 is 0 Å². The summed E-state index contributed by atoms with van der Waals surface area (Å²) < 4.78 is 0. The molecule has 0 spiro atoms. The summed E-state index contributed by atoms with van der Waals surface area (Å²) in [4.78, 5) is 9.66. The standard InChI is InChI=1S/C9H14N6/c1-6(3-4-10)15(2)8-5-7(11)13-9(12)14-8/h5-6H,3H2,1-2H3,(H4,11,12,13,14). The fourth-order valence-electron chi connectivity index (χ4n) is 1.15. The monoisotopic (exact) mass is 206 g/mol. The number of hydrogen-bond acceptors (Lipinski definition) is 6. The van der Waals surface area contributed by atoms with Crippen LogP contribution in [-0.4, -0.2) is 23.1 Å². The summed E-state index contributed by atoms with van der Waals surface area (Å²) in [6, 6.07) is 3.79. The molecule has 0 amide bonds. The van der Waals surface area contributed by atoms with Gasteiger partial charge in [-0.1, -0.05) is 0 Å². The maximum Gasteiger partial charge on any atom is 0.223 e. The molecule has 1 aromatic rings. The van der Waals surface area contributed by atoms with Crippen molar-refractivity contribution in [3.05, 3.63) is 6.07 Å². The molecule has 0 aliphatic carbocycles. The zero-order valence-corrected chi connectivity index (χ0v) is 8.81. The van der Waals surface area contributed by atoms with Crippen molar-refractivity contribution in [3.8, 4) is 6.07 Å². The van der Waals surface area contributed by atoms with Gasteiger partial charge in [-0.2, -0.15) is 15.2 Å². The zero-order valence-electron chi connectivity index (χ0n) is 8.81. The van der Waals surface area contributed by atoms with Crippen molar-refractivity contribution in [1.82, 2.24) is 9.97 Å². The molecule has 1 rings (SSSR count). The molecule has 0 saturated carbocycles. The highest BCUT2D eigenvalue weighted by Crippen LogP contribution is 2.16. The molecule has 0 aliphatic heterocycles. The molecule has 0 radical (unpaired) electrons. The third kappa shape index (κ3) is 2.71. The van der Waals surface area contributed by atoms with Crippen LogP contribution in [0.2, 0.25) is 0 Å². The highest BCUT2D eigenvalue weighted by Gasteiger charge is 2.12. The minimum atomic E-state index is 0.0590. The topological polar surface area (TPSA) is 105 Å². The molecular formula is C9H14N6. The third-order valence-electron chi connectivity index (χ3n) is 2.16. The van der Waals surface area contributed by atoms with E-state index in [2.05, 4.69) is 16.0 Å². The molecule has 0 fully saturated rings. The van der Waals surface area contributed by atoms with Gasteiger partial charge in [0.05, 0.1) is 12.5 Å². The number of nitrogen functional groups attached to an aromatic ring is 2. The molecule has 0 aliphatic rings. The smallest absolute Gasteiger partial charge is 0.223 e. The number of rotatable bonds is 3. The van der Waals surface area contributed by atoms with Gasteiger partial charge in [0.25, 0.3) is 0 Å². The van der Waals surface area contributed by atoms with E-state index in [4.69, 9.17) is 16.7 Å². The minimum absolute atomic E-state index is 0.0590. The SMILES string of the molecule is CC(CC#N)N(C)c1cc(N)nc(N)n1. The van der Waals surface area contributed by atoms with E-state index in [0.29, 0.717) is 18.1 Å². The normalized spacial score (nSPS) is 11.8. The van der Waals surface area contributed by atoms with Gasteiger partial charge in [0.1, 0.15) is 11.6 Å². The summed E-state index contributed by atoms with van der Waals surface area (Å²) in [5, 5.41) is 8.58. The molecule has 1 heterocycles. The largest absolute Gasteiger partial charge is 0.383 e. The van der Waals surface area contributed by atoms with Crippen LogP contribution in [0.4, 0.5) is 17.6 Å². The predicted molar refractivity (Wildman–Crippen MR) is 59.0 cm³/mol. The molecule has 4 N–H and O–H groups in total. The van der Waals surface area contributed by atoms with Gasteiger partial charge in [-0.05, 0) is 6.92 Å². The Kier molecular flexibility index (Phi) is 3.29. The number of aromatic nitrogens is 2. The van der Waals surface area contributed by atoms with E-state index < -0.39 is 0 Å². The number of hydrogen-bond donors (Lipinski definition) is 2. The van der Waals surface area contributed by atoms with Gasteiger partial charge >= 0.3 is 0 Å². The van der Waals surface area contributed by atoms with Gasteiger partial charge in [0.15, 0.2) is 0 Å². The number of nitrogens with two attached hydrogens (primary N) is 2. The Balaban J connectivity index is 2.91. The van der Waals surface area contributed by atoms with Crippen LogP contribution in [0.3, 0.4) is 0 Å². The van der Waals surface area contributed by atoms with Crippen molar-refractivity contribution in [2.75, 3.05) is 23.4 Å². The number of anilines is 3. The fraction of sp³-hybridized carbons (Fsp3) is 0.444. The molecule has 1 aromatic heterocycles. The first-order valence-electron chi connectivity index (χ1n) is 4.54. The lowest BCUT2D eigenvalue weighted by Gasteiger charge is -2.24. The number of nitrogens with zero attached hydrogens (tertiary/aromatic N) is 4. The summed E-state index contributed by atoms with van der Waals surface area (Å²) >= 11 is 0. The van der Waals surface area contributed by atoms with Gasteiger partial charge in [0.2, 0.25) is 5.95 Å². The Labute approximate surface area is 88.5 Å². The summed E-state index contributed by atoms with van der Waals surface area (Å²) in [5.74, 6) is 1.09. The summed E-state index contributed by atoms with van der Waals surface area (Å²) in [7, 11) is 1.84. The zero-order chi connectivity index (χ0) is 11.4. The molecule has 6 heteroatoms. The van der Waals surface area contributed by atoms with Crippen molar-refractivity contribution in [3.63, 3.8) is 0 Å². The Morgan fingerprint density at radius 1 is 1.53 bits per heavy atom. The first kappa shape index (κ1) is 11.0. The Hall–Kier alpha value is -2.03. The van der Waals surface area contributed by atoms with Crippen LogP contribution in [0.1, 0.15) is 13.3 Å². The molecule has 80 valence electrons. The van der Waals surface area contributed by atoms with Gasteiger partial charge in [-0.25, -0.2) is 0 Å². The average molecular weight is 206 g/mol. The molecule has 1 unspecified atom stereocenters. The van der Waals surface area contributed by atoms with Crippen molar-refractivity contribution >= 4 is 17.6 Å². The molecule has 1 atom stereocenters. The van der Waals surface area contributed by atoms with E-state index in [-0.39, 0.29) is 12.0 Å². The van der Waals surface area contributed by atoms with Crippen LogP contribution >= 0.6 is 0 Å². The molecule has 0 aromatic carbocycles. The third-order valence-corrected chi connectivity index (χ3v) is 2.16. The van der Waals surface area contributed by atoms with E-state index in [9.17, 15) is 0 Å². The van der Waals surface area contributed by atoms with Crippen LogP contribution in [0.25, 0.3) is 0 Å². The lowest BCUT2D eigenvalue weighted by molar-refractivity contribution is 0.694. The van der Waals surface area contributed by atoms with Crippen LogP contribution in [-0.2, 0) is 0 Å². The summed E-state index contributed by atoms with van der Waals surface area (Å²) in [6.07, 6.45) is 0.417. The molecule has 6 nitrogen and oxygen atoms in total. The van der Waals surface area contributed by atoms with Crippen molar-refractivity contribution in [1.29, 1.82) is 5.26 Å². The first-order valence-corrected chi connectivity index (χ1v) is 4.54. The van der Waals surface area contributed by atoms with Gasteiger partial charge < -0.3 is 16.4 Å². The molecular weight excluding hydrogens is 192 g/mol. The second-order valence-electron chi connectivity index (χ2n) is 3.33. The highest BCUT2D eigenvalue weighted by molar-refractivity contribution is 5.50. The van der Waals surface area contributed by atoms with Crippen molar-refractivity contribution in [2.45, 2.75) is 19.4 Å². The van der Waals surface area contributed by atoms with E-state index in [1.54, 1.807) is 6.07 Å². The van der Waals surface area contributed by atoms with Crippen molar-refractivity contribution < 1.29 is 0 Å². The summed E-state index contributed by atoms with van der Waals surface area (Å²) in [5.41, 5.74) is 11.0. The van der Waals surface area contributed by atoms with Crippen LogP contribution in [0, 0.1) is 11.3 Å². The average Bonchev–Trinajstić information content (AvgIpc) is 2.15. The summed E-state index contributed by atoms with van der Waals surface area (Å²) in [6.45, 7) is 1.93. The Bertz CT molecular complexity index is 362. The maximum absolute atomic E-state index is 8.58. The number of nitriles is 1. The lowest BCUT2D eigenvalue weighted by atomic mass is 10.2. The first-order chi connectivity index (χ1) is 7.04. The predicted octanol–water partition coefficient (Wildman–Crippen LogP) is 0.379. The van der Waals surface area contributed by atoms with E-state index in [1.807, 2.05) is 18.9 Å². The fourth-order valence-corrected chi connectivity index (χ4v) is 1.15. The van der Waals surface area contributed by atoms with Crippen LogP contribution in [0.5, 0.6) is 0 Å². The highest BCUT2D eigenvalue weighted by atomic mass is 15.2. The van der Waals surface area contributed by atoms with Crippen LogP contribution in [0.15, 0.2) is 6.07 Å². The second kappa shape index (κ2) is 4.46. The van der Waals surface area contributed by atoms with Gasteiger partial charge in [-0.3, -0.25) is 0 Å². The Morgan fingerprint density at radius 2 is 2.20 bits per heavy atom. The minimum Gasteiger partial charge on any atom is -0.383 e. The van der Waals surface area contributed by atoms with Crippen molar-refractivity contribution in [2.24, 2.45) is 0 Å². The van der Waals surface area contributed by atoms with E-state index in [0.717, 1.165) is 0 Å². The quantitative estimate of drug-likeness (QED) is 0.740. The molecule has 0 bridgehead atoms. The van der Waals surface area contributed by atoms with E-state index in [1.165, 1.54) is 0 Å². The maximum atomic E-state index is 8.58. The second-order valence-corrected chi connectivity index (χ2v) is 3.33. The van der Waals surface area contributed by atoms with Gasteiger partial charge in [0, 0.05) is 19.2 Å².